The number of carbonyl (C=O) groups is 1. The molecule has 4 aromatic rings. The number of hydrogen-bond acceptors (Lipinski definition) is 4. The molecule has 1 aliphatic heterocycles. The third-order valence-electron chi connectivity index (χ3n) is 6.73. The second-order valence-electron chi connectivity index (χ2n) is 9.23. The van der Waals surface area contributed by atoms with Gasteiger partial charge in [0.05, 0.1) is 27.5 Å². The van der Waals surface area contributed by atoms with Crippen LogP contribution < -0.4 is 5.32 Å². The summed E-state index contributed by atoms with van der Waals surface area (Å²) in [6.07, 6.45) is 0.431. The molecule has 0 radical (unpaired) electrons. The maximum atomic E-state index is 13.5. The number of fused-ring (bicyclic) bond motifs is 1. The van der Waals surface area contributed by atoms with Crippen LogP contribution in [-0.2, 0) is 6.18 Å². The van der Waals surface area contributed by atoms with E-state index in [4.69, 9.17) is 4.98 Å². The summed E-state index contributed by atoms with van der Waals surface area (Å²) in [5, 5.41) is 7.88. The molecule has 1 N–H and O–H groups in total. The highest BCUT2D eigenvalue weighted by atomic mass is 79.9. The van der Waals surface area contributed by atoms with Gasteiger partial charge in [0.25, 0.3) is 5.91 Å². The monoisotopic (exact) mass is 583 g/mol. The molecular weight excluding hydrogens is 559 g/mol. The van der Waals surface area contributed by atoms with Crippen LogP contribution in [0.1, 0.15) is 34.3 Å². The Kier molecular flexibility index (Phi) is 7.25. The normalized spacial score (nSPS) is 16.0. The Labute approximate surface area is 226 Å². The van der Waals surface area contributed by atoms with Gasteiger partial charge in [-0.2, -0.15) is 22.8 Å². The molecule has 1 fully saturated rings. The summed E-state index contributed by atoms with van der Waals surface area (Å²) >= 11 is 3.52. The quantitative estimate of drug-likeness (QED) is 0.271. The van der Waals surface area contributed by atoms with Crippen LogP contribution >= 0.6 is 15.9 Å². The van der Waals surface area contributed by atoms with Crippen LogP contribution in [0.25, 0.3) is 23.0 Å². The minimum atomic E-state index is -4.59. The van der Waals surface area contributed by atoms with E-state index in [1.807, 2.05) is 30.3 Å². The zero-order chi connectivity index (χ0) is 26.9. The van der Waals surface area contributed by atoms with Gasteiger partial charge >= 0.3 is 6.18 Å². The van der Waals surface area contributed by atoms with E-state index in [-0.39, 0.29) is 11.5 Å². The average Bonchev–Trinajstić information content (AvgIpc) is 3.31. The van der Waals surface area contributed by atoms with E-state index in [1.165, 1.54) is 23.1 Å². The third kappa shape index (κ3) is 5.18. The number of carbonyl (C=O) groups excluding carboxylic acids is 1. The molecule has 38 heavy (non-hydrogen) atoms. The van der Waals surface area contributed by atoms with Crippen molar-refractivity contribution in [2.24, 2.45) is 5.92 Å². The zero-order valence-electron chi connectivity index (χ0n) is 20.4. The lowest BCUT2D eigenvalue weighted by Crippen LogP contribution is -2.42. The van der Waals surface area contributed by atoms with Crippen LogP contribution in [0.15, 0.2) is 71.8 Å². The predicted octanol–water partition coefficient (Wildman–Crippen LogP) is 6.78. The number of nitrogens with zero attached hydrogens (tertiary/aromatic N) is 4. The first-order chi connectivity index (χ1) is 18.3. The summed E-state index contributed by atoms with van der Waals surface area (Å²) in [6.45, 7) is 5.21. The molecule has 1 saturated heterocycles. The van der Waals surface area contributed by atoms with Gasteiger partial charge < -0.3 is 10.2 Å². The van der Waals surface area contributed by atoms with Crippen molar-refractivity contribution in [3.63, 3.8) is 0 Å². The molecule has 0 saturated carbocycles. The first kappa shape index (κ1) is 26.0. The van der Waals surface area contributed by atoms with Gasteiger partial charge in [0.15, 0.2) is 5.65 Å². The maximum absolute atomic E-state index is 13.5. The van der Waals surface area contributed by atoms with Gasteiger partial charge in [0.2, 0.25) is 0 Å². The molecule has 6 nitrogen and oxygen atoms in total. The number of piperidine rings is 1. The molecular formula is C28H25BrF3N5O. The number of benzene rings is 2. The van der Waals surface area contributed by atoms with Crippen LogP contribution in [0.2, 0.25) is 0 Å². The van der Waals surface area contributed by atoms with Crippen LogP contribution in [-0.4, -0.2) is 45.0 Å². The second-order valence-corrected chi connectivity index (χ2v) is 10.1. The number of rotatable bonds is 6. The van der Waals surface area contributed by atoms with E-state index >= 15 is 0 Å². The van der Waals surface area contributed by atoms with Crippen molar-refractivity contribution in [1.82, 2.24) is 19.5 Å². The number of nitrogens with one attached hydrogen (secondary N) is 1. The zero-order valence-corrected chi connectivity index (χ0v) is 22.0. The standard InChI is InChI=1S/C28H25BrF3N5O/c1-2-19-9-3-4-10-20(19)24-14-25(37-26(35-24)23(29)16-34-37)33-15-18-8-7-13-36(17-18)27(38)21-11-5-6-12-22(21)28(30,31)32/h2-6,9-12,14,16,18,33H,1,7-8,13,15,17H2. The van der Waals surface area contributed by atoms with Gasteiger partial charge in [-0.15, -0.1) is 0 Å². The topological polar surface area (TPSA) is 62.5 Å². The first-order valence-corrected chi connectivity index (χ1v) is 13.0. The van der Waals surface area contributed by atoms with E-state index in [0.717, 1.165) is 39.6 Å². The Morgan fingerprint density at radius 3 is 2.74 bits per heavy atom. The molecule has 5 rings (SSSR count). The Morgan fingerprint density at radius 2 is 1.95 bits per heavy atom. The van der Waals surface area contributed by atoms with Crippen molar-refractivity contribution < 1.29 is 18.0 Å². The number of alkyl halides is 3. The van der Waals surface area contributed by atoms with Crippen molar-refractivity contribution in [1.29, 1.82) is 0 Å². The van der Waals surface area contributed by atoms with E-state index in [0.29, 0.717) is 31.7 Å². The van der Waals surface area contributed by atoms with Crippen molar-refractivity contribution in [3.05, 3.63) is 88.5 Å². The summed E-state index contributed by atoms with van der Waals surface area (Å²) in [5.41, 5.74) is 2.07. The average molecular weight is 584 g/mol. The fourth-order valence-corrected chi connectivity index (χ4v) is 5.21. The van der Waals surface area contributed by atoms with Gasteiger partial charge in [0, 0.05) is 31.3 Å². The molecule has 1 atom stereocenters. The summed E-state index contributed by atoms with van der Waals surface area (Å²) in [4.78, 5) is 19.4. The Hall–Kier alpha value is -3.66. The van der Waals surface area contributed by atoms with E-state index in [1.54, 1.807) is 16.8 Å². The fraction of sp³-hybridized carbons (Fsp3) is 0.250. The van der Waals surface area contributed by atoms with E-state index in [9.17, 15) is 18.0 Å². The number of amides is 1. The summed E-state index contributed by atoms with van der Waals surface area (Å²) in [5.74, 6) is 0.186. The minimum Gasteiger partial charge on any atom is -0.370 e. The van der Waals surface area contributed by atoms with Gasteiger partial charge in [-0.25, -0.2) is 4.98 Å². The lowest BCUT2D eigenvalue weighted by atomic mass is 9.96. The maximum Gasteiger partial charge on any atom is 0.417 e. The van der Waals surface area contributed by atoms with E-state index in [2.05, 4.69) is 32.9 Å². The largest absolute Gasteiger partial charge is 0.417 e. The SMILES string of the molecule is C=Cc1ccccc1-c1cc(NCC2CCCN(C(=O)c3ccccc3C(F)(F)F)C2)n2ncc(Br)c2n1. The first-order valence-electron chi connectivity index (χ1n) is 12.2. The summed E-state index contributed by atoms with van der Waals surface area (Å²) in [6, 6.07) is 14.7. The predicted molar refractivity (Wildman–Crippen MR) is 145 cm³/mol. The molecule has 2 aromatic carbocycles. The molecule has 10 heteroatoms. The highest BCUT2D eigenvalue weighted by Crippen LogP contribution is 2.33. The fourth-order valence-electron chi connectivity index (χ4n) is 4.86. The van der Waals surface area contributed by atoms with Crippen molar-refractivity contribution in [2.45, 2.75) is 19.0 Å². The number of anilines is 1. The minimum absolute atomic E-state index is 0.0527. The molecule has 0 aliphatic carbocycles. The number of hydrogen-bond donors (Lipinski definition) is 1. The molecule has 0 spiro atoms. The van der Waals surface area contributed by atoms with Gasteiger partial charge in [-0.1, -0.05) is 49.1 Å². The molecule has 3 heterocycles. The second kappa shape index (κ2) is 10.6. The van der Waals surface area contributed by atoms with Crippen LogP contribution in [0, 0.1) is 5.92 Å². The van der Waals surface area contributed by atoms with Gasteiger partial charge in [-0.3, -0.25) is 4.79 Å². The number of likely N-dealkylation sites (tertiary alicyclic amines) is 1. The molecule has 0 bridgehead atoms. The van der Waals surface area contributed by atoms with E-state index < -0.39 is 17.6 Å². The van der Waals surface area contributed by atoms with Crippen LogP contribution in [0.4, 0.5) is 19.0 Å². The summed E-state index contributed by atoms with van der Waals surface area (Å²) < 4.78 is 42.9. The Morgan fingerprint density at radius 1 is 1.18 bits per heavy atom. The molecule has 1 aliphatic rings. The number of aromatic nitrogens is 3. The van der Waals surface area contributed by atoms with Crippen molar-refractivity contribution in [3.8, 4) is 11.3 Å². The van der Waals surface area contributed by atoms with Crippen molar-refractivity contribution >= 4 is 39.4 Å². The molecule has 196 valence electrons. The smallest absolute Gasteiger partial charge is 0.370 e. The number of halogens is 4. The highest BCUT2D eigenvalue weighted by molar-refractivity contribution is 9.10. The third-order valence-corrected chi connectivity index (χ3v) is 7.29. The van der Waals surface area contributed by atoms with Gasteiger partial charge in [-0.05, 0) is 52.4 Å². The molecule has 1 unspecified atom stereocenters. The Bertz CT molecular complexity index is 1500. The van der Waals surface area contributed by atoms with Crippen molar-refractivity contribution in [2.75, 3.05) is 25.0 Å². The van der Waals surface area contributed by atoms with Crippen LogP contribution in [0.5, 0.6) is 0 Å². The lowest BCUT2D eigenvalue weighted by molar-refractivity contribution is -0.138. The summed E-state index contributed by atoms with van der Waals surface area (Å²) in [7, 11) is 0. The lowest BCUT2D eigenvalue weighted by Gasteiger charge is -2.33. The van der Waals surface area contributed by atoms with Gasteiger partial charge in [0.1, 0.15) is 5.82 Å². The highest BCUT2D eigenvalue weighted by Gasteiger charge is 2.36. The molecule has 1 amide bonds. The molecule has 2 aromatic heterocycles. The Balaban J connectivity index is 1.37. The van der Waals surface area contributed by atoms with Crippen LogP contribution in [0.3, 0.4) is 0 Å².